The number of nitrogens with zero attached hydrogens (tertiary/aromatic N) is 1. The van der Waals surface area contributed by atoms with Crippen LogP contribution in [0.5, 0.6) is 0 Å². The number of fused-ring (bicyclic) bond motifs is 3. The number of rotatable bonds is 4. The zero-order chi connectivity index (χ0) is 32.8. The van der Waals surface area contributed by atoms with Gasteiger partial charge in [-0.05, 0) is 79.8 Å². The van der Waals surface area contributed by atoms with Crippen LogP contribution in [-0.2, 0) is 36.3 Å². The molecule has 2 aromatic rings. The van der Waals surface area contributed by atoms with E-state index < -0.39 is 55.8 Å². The first-order valence-electron chi connectivity index (χ1n) is 14.4. The second kappa shape index (κ2) is 10.1. The third kappa shape index (κ3) is 4.57. The molecular weight excluding hydrogens is 636 g/mol. The number of hydrogen-bond acceptors (Lipinski definition) is 4. The molecule has 1 spiro atoms. The van der Waals surface area contributed by atoms with Crippen molar-refractivity contribution in [2.45, 2.75) is 78.1 Å². The minimum atomic E-state index is -6.35. The SMILES string of the molecule is O=C1CC2(CCN(C(=O)[C@@H]3CC[C@@]4(S(=O)(=O)c5ccc(F)cc5)c5ccc(C(F)(C(F)(F)F)C(F)(F)F)cc5CC[C@@H]34)CC2)N1. The van der Waals surface area contributed by atoms with E-state index in [0.717, 1.165) is 30.3 Å². The van der Waals surface area contributed by atoms with Crippen LogP contribution < -0.4 is 5.32 Å². The highest BCUT2D eigenvalue weighted by Gasteiger charge is 2.74. The fourth-order valence-electron chi connectivity index (χ4n) is 7.95. The topological polar surface area (TPSA) is 83.6 Å². The number of carbonyl (C=O) groups is 2. The van der Waals surface area contributed by atoms with E-state index in [2.05, 4.69) is 5.32 Å². The number of amides is 2. The molecule has 0 radical (unpaired) electrons. The number of carbonyl (C=O) groups excluding carboxylic acids is 2. The Kier molecular flexibility index (Phi) is 7.15. The van der Waals surface area contributed by atoms with Gasteiger partial charge in [0.15, 0.2) is 9.84 Å². The minimum absolute atomic E-state index is 0.0572. The minimum Gasteiger partial charge on any atom is -0.350 e. The first-order valence-corrected chi connectivity index (χ1v) is 15.9. The number of β-lactam (4-membered cyclic amide) rings is 1. The maximum absolute atomic E-state index is 15.0. The summed E-state index contributed by atoms with van der Waals surface area (Å²) in [5, 5.41) is 2.87. The van der Waals surface area contributed by atoms with Gasteiger partial charge in [-0.2, -0.15) is 26.3 Å². The van der Waals surface area contributed by atoms with Gasteiger partial charge in [-0.25, -0.2) is 17.2 Å². The van der Waals surface area contributed by atoms with Crippen molar-refractivity contribution in [1.29, 1.82) is 0 Å². The van der Waals surface area contributed by atoms with E-state index in [-0.39, 0.29) is 59.1 Å². The number of halogens is 8. The van der Waals surface area contributed by atoms with Crippen LogP contribution in [0, 0.1) is 17.7 Å². The number of hydrogen-bond donors (Lipinski definition) is 1. The van der Waals surface area contributed by atoms with E-state index in [4.69, 9.17) is 0 Å². The molecule has 15 heteroatoms. The summed E-state index contributed by atoms with van der Waals surface area (Å²) in [5.74, 6) is -2.91. The lowest BCUT2D eigenvalue weighted by molar-refractivity contribution is -0.348. The summed E-state index contributed by atoms with van der Waals surface area (Å²) in [6.45, 7) is 0.626. The molecule has 2 heterocycles. The quantitative estimate of drug-likeness (QED) is 0.261. The maximum atomic E-state index is 15.0. The molecule has 2 aliphatic heterocycles. The van der Waals surface area contributed by atoms with Crippen LogP contribution in [0.2, 0.25) is 0 Å². The summed E-state index contributed by atoms with van der Waals surface area (Å²) in [7, 11) is -4.54. The van der Waals surface area contributed by atoms with E-state index in [1.165, 1.54) is 0 Å². The highest BCUT2D eigenvalue weighted by atomic mass is 32.2. The molecule has 2 saturated heterocycles. The number of sulfone groups is 1. The first-order chi connectivity index (χ1) is 20.9. The van der Waals surface area contributed by atoms with Crippen LogP contribution in [-0.4, -0.2) is 56.1 Å². The smallest absolute Gasteiger partial charge is 0.350 e. The lowest BCUT2D eigenvalue weighted by Crippen LogP contribution is -2.65. The van der Waals surface area contributed by atoms with Gasteiger partial charge in [-0.3, -0.25) is 9.59 Å². The molecule has 244 valence electrons. The van der Waals surface area contributed by atoms with Gasteiger partial charge in [0.1, 0.15) is 10.6 Å². The fraction of sp³-hybridized carbons (Fsp3) is 0.533. The van der Waals surface area contributed by atoms with Gasteiger partial charge >= 0.3 is 18.0 Å². The average molecular weight is 665 g/mol. The largest absolute Gasteiger partial charge is 0.435 e. The molecule has 2 aromatic carbocycles. The summed E-state index contributed by atoms with van der Waals surface area (Å²) >= 11 is 0. The summed E-state index contributed by atoms with van der Waals surface area (Å²) in [5.41, 5.74) is -8.08. The summed E-state index contributed by atoms with van der Waals surface area (Å²) in [6.07, 6.45) is -11.7. The van der Waals surface area contributed by atoms with Crippen molar-refractivity contribution in [3.05, 3.63) is 65.0 Å². The van der Waals surface area contributed by atoms with Crippen molar-refractivity contribution in [2.75, 3.05) is 13.1 Å². The Morgan fingerprint density at radius 2 is 1.49 bits per heavy atom. The number of piperidine rings is 1. The normalized spacial score (nSPS) is 26.6. The van der Waals surface area contributed by atoms with Crippen molar-refractivity contribution < 1.29 is 53.1 Å². The molecule has 45 heavy (non-hydrogen) atoms. The van der Waals surface area contributed by atoms with Crippen molar-refractivity contribution in [2.24, 2.45) is 11.8 Å². The summed E-state index contributed by atoms with van der Waals surface area (Å²) in [4.78, 5) is 26.7. The zero-order valence-electron chi connectivity index (χ0n) is 23.6. The van der Waals surface area contributed by atoms with E-state index in [0.29, 0.717) is 44.5 Å². The van der Waals surface area contributed by atoms with Crippen LogP contribution in [0.25, 0.3) is 0 Å². The fourth-order valence-corrected chi connectivity index (χ4v) is 10.4. The van der Waals surface area contributed by atoms with Gasteiger partial charge < -0.3 is 10.2 Å². The molecule has 3 fully saturated rings. The second-order valence-corrected chi connectivity index (χ2v) is 14.7. The molecule has 0 bridgehead atoms. The summed E-state index contributed by atoms with van der Waals surface area (Å²) < 4.78 is 137. The molecule has 1 saturated carbocycles. The highest BCUT2D eigenvalue weighted by Crippen LogP contribution is 2.61. The standard InChI is InChI=1S/C30H28F8N2O4S/c31-19-3-5-20(6-4-19)45(43,44)27-10-9-21(25(42)40-13-11-26(12-14-40)16-24(41)39-26)23(27)7-1-17-15-18(2-8-22(17)27)28(32,29(33,34)35)30(36,37)38/h2-6,8,15,21,23H,1,7,9-14,16H2,(H,39,41)/t21-,23+,27-/m1/s1. The van der Waals surface area contributed by atoms with Gasteiger partial charge in [0, 0.05) is 31.0 Å². The average Bonchev–Trinajstić information content (AvgIpc) is 3.36. The predicted molar refractivity (Wildman–Crippen MR) is 142 cm³/mol. The Labute approximate surface area is 253 Å². The lowest BCUT2D eigenvalue weighted by atomic mass is 9.72. The van der Waals surface area contributed by atoms with Gasteiger partial charge in [-0.15, -0.1) is 0 Å². The second-order valence-electron chi connectivity index (χ2n) is 12.5. The highest BCUT2D eigenvalue weighted by molar-refractivity contribution is 7.92. The third-order valence-corrected chi connectivity index (χ3v) is 12.8. The maximum Gasteiger partial charge on any atom is 0.435 e. The zero-order valence-corrected chi connectivity index (χ0v) is 24.4. The van der Waals surface area contributed by atoms with Gasteiger partial charge in [0.05, 0.1) is 10.4 Å². The van der Waals surface area contributed by atoms with E-state index in [9.17, 15) is 48.7 Å². The van der Waals surface area contributed by atoms with Crippen LogP contribution in [0.3, 0.4) is 0 Å². The van der Waals surface area contributed by atoms with E-state index in [1.54, 1.807) is 4.90 Å². The summed E-state index contributed by atoms with van der Waals surface area (Å²) in [6, 6.07) is 5.42. The Bertz CT molecular complexity index is 1630. The van der Waals surface area contributed by atoms with Crippen LogP contribution in [0.4, 0.5) is 35.1 Å². The number of nitrogens with one attached hydrogen (secondary N) is 1. The third-order valence-electron chi connectivity index (χ3n) is 10.2. The molecule has 3 atom stereocenters. The van der Waals surface area contributed by atoms with E-state index >= 15 is 4.39 Å². The van der Waals surface area contributed by atoms with Crippen LogP contribution in [0.15, 0.2) is 47.4 Å². The number of likely N-dealkylation sites (tertiary alicyclic amines) is 1. The van der Waals surface area contributed by atoms with Crippen LogP contribution in [0.1, 0.15) is 55.2 Å². The Balaban J connectivity index is 1.42. The Morgan fingerprint density at radius 1 is 0.889 bits per heavy atom. The number of benzene rings is 2. The molecule has 2 amide bonds. The molecule has 0 aromatic heterocycles. The molecule has 1 N–H and O–H groups in total. The monoisotopic (exact) mass is 664 g/mol. The predicted octanol–water partition coefficient (Wildman–Crippen LogP) is 5.64. The first kappa shape index (κ1) is 31.7. The van der Waals surface area contributed by atoms with Gasteiger partial charge in [0.2, 0.25) is 11.8 Å². The Morgan fingerprint density at radius 3 is 2.04 bits per heavy atom. The number of alkyl halides is 7. The lowest BCUT2D eigenvalue weighted by Gasteiger charge is -2.48. The van der Waals surface area contributed by atoms with Crippen molar-refractivity contribution in [1.82, 2.24) is 10.2 Å². The number of aryl methyl sites for hydroxylation is 1. The van der Waals surface area contributed by atoms with Gasteiger partial charge in [0.25, 0.3) is 0 Å². The van der Waals surface area contributed by atoms with Crippen molar-refractivity contribution in [3.63, 3.8) is 0 Å². The Hall–Kier alpha value is -3.23. The van der Waals surface area contributed by atoms with Crippen molar-refractivity contribution in [3.8, 4) is 0 Å². The van der Waals surface area contributed by atoms with E-state index in [1.807, 2.05) is 0 Å². The molecule has 6 rings (SSSR count). The molecule has 0 unspecified atom stereocenters. The molecule has 2 aliphatic carbocycles. The van der Waals surface area contributed by atoms with Crippen LogP contribution >= 0.6 is 0 Å². The van der Waals surface area contributed by atoms with Gasteiger partial charge in [-0.1, -0.05) is 18.2 Å². The molecular formula is C30H28F8N2O4S. The van der Waals surface area contributed by atoms with Crippen molar-refractivity contribution >= 4 is 21.7 Å². The molecule has 4 aliphatic rings. The molecule has 6 nitrogen and oxygen atoms in total.